The van der Waals surface area contributed by atoms with Crippen LogP contribution >= 0.6 is 0 Å². The second-order valence-corrected chi connectivity index (χ2v) is 5.67. The van der Waals surface area contributed by atoms with Crippen LogP contribution < -0.4 is 5.73 Å². The predicted molar refractivity (Wildman–Crippen MR) is 73.0 cm³/mol. The van der Waals surface area contributed by atoms with Gasteiger partial charge >= 0.3 is 5.97 Å². The molecule has 1 aliphatic heterocycles. The van der Waals surface area contributed by atoms with E-state index in [1.165, 1.54) is 4.90 Å². The summed E-state index contributed by atoms with van der Waals surface area (Å²) in [5.41, 5.74) is 6.94. The third kappa shape index (κ3) is 1.89. The van der Waals surface area contributed by atoms with Crippen molar-refractivity contribution in [3.8, 4) is 0 Å². The number of carbonyl (C=O) groups is 2. The van der Waals surface area contributed by atoms with E-state index in [9.17, 15) is 14.7 Å². The summed E-state index contributed by atoms with van der Waals surface area (Å²) in [6.45, 7) is 0.755. The zero-order chi connectivity index (χ0) is 14.3. The fraction of sp³-hybridized carbons (Fsp3) is 0.467. The molecule has 1 atom stereocenters. The van der Waals surface area contributed by atoms with Crippen LogP contribution in [0.25, 0.3) is 0 Å². The Morgan fingerprint density at radius 3 is 2.65 bits per heavy atom. The van der Waals surface area contributed by atoms with Crippen LogP contribution in [0.15, 0.2) is 24.3 Å². The van der Waals surface area contributed by atoms with Crippen LogP contribution in [0.1, 0.15) is 30.0 Å². The van der Waals surface area contributed by atoms with Gasteiger partial charge < -0.3 is 15.7 Å². The third-order valence-corrected chi connectivity index (χ3v) is 4.48. The second kappa shape index (κ2) is 4.59. The first-order valence-electron chi connectivity index (χ1n) is 6.91. The molecule has 1 aromatic carbocycles. The van der Waals surface area contributed by atoms with Crippen LogP contribution in [0.5, 0.6) is 0 Å². The normalized spacial score (nSPS) is 23.1. The van der Waals surface area contributed by atoms with E-state index in [1.807, 2.05) is 18.2 Å². The van der Waals surface area contributed by atoms with E-state index in [1.54, 1.807) is 6.07 Å². The summed E-state index contributed by atoms with van der Waals surface area (Å²) >= 11 is 0. The van der Waals surface area contributed by atoms with Crippen LogP contribution in [-0.4, -0.2) is 35.0 Å². The molecule has 106 valence electrons. The van der Waals surface area contributed by atoms with Gasteiger partial charge in [-0.3, -0.25) is 4.79 Å². The first kappa shape index (κ1) is 13.1. The third-order valence-electron chi connectivity index (χ3n) is 4.48. The quantitative estimate of drug-likeness (QED) is 0.859. The van der Waals surface area contributed by atoms with Crippen molar-refractivity contribution in [3.63, 3.8) is 0 Å². The van der Waals surface area contributed by atoms with Gasteiger partial charge in [0.15, 0.2) is 6.04 Å². The first-order valence-corrected chi connectivity index (χ1v) is 6.91. The summed E-state index contributed by atoms with van der Waals surface area (Å²) in [4.78, 5) is 25.8. The predicted octanol–water partition coefficient (Wildman–Crippen LogP) is 0.936. The maximum absolute atomic E-state index is 12.6. The molecular weight excluding hydrogens is 256 g/mol. The minimum Gasteiger partial charge on any atom is -0.479 e. The molecule has 0 saturated heterocycles. The first-order chi connectivity index (χ1) is 9.59. The van der Waals surface area contributed by atoms with Crippen molar-refractivity contribution in [3.05, 3.63) is 35.4 Å². The molecule has 1 aromatic rings. The number of rotatable bonds is 3. The molecule has 0 radical (unpaired) electrons. The molecule has 2 aliphatic rings. The van der Waals surface area contributed by atoms with Gasteiger partial charge in [0.05, 0.1) is 5.41 Å². The lowest BCUT2D eigenvalue weighted by atomic mass is 9.91. The number of hydrogen-bond donors (Lipinski definition) is 2. The van der Waals surface area contributed by atoms with E-state index < -0.39 is 17.4 Å². The molecular formula is C15H18N2O3. The standard InChI is InChI=1S/C15H18N2O3/c16-9-15(6-7-15)14(20)17-8-5-10-3-1-2-4-11(10)12(17)13(18)19/h1-4,12H,5-9,16H2,(H,18,19). The van der Waals surface area contributed by atoms with E-state index in [0.29, 0.717) is 19.5 Å². The number of nitrogens with two attached hydrogens (primary N) is 1. The molecule has 1 aliphatic carbocycles. The Bertz CT molecular complexity index is 566. The van der Waals surface area contributed by atoms with Gasteiger partial charge in [0.25, 0.3) is 0 Å². The van der Waals surface area contributed by atoms with Crippen LogP contribution in [0, 0.1) is 5.41 Å². The Labute approximate surface area is 117 Å². The molecule has 0 spiro atoms. The van der Waals surface area contributed by atoms with E-state index in [-0.39, 0.29) is 5.91 Å². The molecule has 3 rings (SSSR count). The molecule has 1 amide bonds. The molecule has 5 nitrogen and oxygen atoms in total. The minimum absolute atomic E-state index is 0.0955. The minimum atomic E-state index is -0.974. The average molecular weight is 274 g/mol. The van der Waals surface area contributed by atoms with Crippen molar-refractivity contribution in [2.75, 3.05) is 13.1 Å². The van der Waals surface area contributed by atoms with Gasteiger partial charge in [-0.1, -0.05) is 24.3 Å². The van der Waals surface area contributed by atoms with E-state index in [2.05, 4.69) is 0 Å². The summed E-state index contributed by atoms with van der Waals surface area (Å²) in [6.07, 6.45) is 2.24. The number of nitrogens with zero attached hydrogens (tertiary/aromatic N) is 1. The molecule has 1 fully saturated rings. The van der Waals surface area contributed by atoms with Gasteiger partial charge in [0, 0.05) is 13.1 Å². The number of hydrogen-bond acceptors (Lipinski definition) is 3. The highest BCUT2D eigenvalue weighted by atomic mass is 16.4. The van der Waals surface area contributed by atoms with Crippen molar-refractivity contribution in [1.82, 2.24) is 4.90 Å². The number of aliphatic carboxylic acids is 1. The number of amides is 1. The van der Waals surface area contributed by atoms with Crippen LogP contribution in [0.3, 0.4) is 0 Å². The number of carbonyl (C=O) groups excluding carboxylic acids is 1. The molecule has 1 saturated carbocycles. The van der Waals surface area contributed by atoms with Crippen molar-refractivity contribution < 1.29 is 14.7 Å². The van der Waals surface area contributed by atoms with Gasteiger partial charge in [0.2, 0.25) is 5.91 Å². The number of benzene rings is 1. The lowest BCUT2D eigenvalue weighted by Crippen LogP contribution is -2.48. The van der Waals surface area contributed by atoms with Crippen LogP contribution in [-0.2, 0) is 16.0 Å². The largest absolute Gasteiger partial charge is 0.479 e. The molecule has 1 heterocycles. The average Bonchev–Trinajstić information content (AvgIpc) is 3.26. The molecule has 0 aromatic heterocycles. The van der Waals surface area contributed by atoms with Gasteiger partial charge in [-0.2, -0.15) is 0 Å². The molecule has 1 unspecified atom stereocenters. The summed E-state index contributed by atoms with van der Waals surface area (Å²) in [5.74, 6) is -1.07. The zero-order valence-corrected chi connectivity index (χ0v) is 11.2. The lowest BCUT2D eigenvalue weighted by molar-refractivity contribution is -0.153. The van der Waals surface area contributed by atoms with E-state index >= 15 is 0 Å². The smallest absolute Gasteiger partial charge is 0.331 e. The highest BCUT2D eigenvalue weighted by Crippen LogP contribution is 2.48. The zero-order valence-electron chi connectivity index (χ0n) is 11.2. The summed E-state index contributed by atoms with van der Waals surface area (Å²) < 4.78 is 0. The van der Waals surface area contributed by atoms with E-state index in [0.717, 1.165) is 24.0 Å². The SMILES string of the molecule is NCC1(C(=O)N2CCc3ccccc3C2C(=O)O)CC1. The Balaban J connectivity index is 1.97. The number of carboxylic acid groups (broad SMARTS) is 1. The fourth-order valence-electron chi connectivity index (χ4n) is 3.01. The van der Waals surface area contributed by atoms with Crippen LogP contribution in [0.2, 0.25) is 0 Å². The maximum atomic E-state index is 12.6. The van der Waals surface area contributed by atoms with E-state index in [4.69, 9.17) is 5.73 Å². The Morgan fingerprint density at radius 2 is 2.05 bits per heavy atom. The van der Waals surface area contributed by atoms with Gasteiger partial charge in [-0.25, -0.2) is 4.79 Å². The summed E-state index contributed by atoms with van der Waals surface area (Å²) in [6, 6.07) is 6.57. The Morgan fingerprint density at radius 1 is 1.35 bits per heavy atom. The monoisotopic (exact) mass is 274 g/mol. The molecule has 3 N–H and O–H groups in total. The Kier molecular flexibility index (Phi) is 3.01. The van der Waals surface area contributed by atoms with Crippen molar-refractivity contribution in [2.45, 2.75) is 25.3 Å². The molecule has 0 bridgehead atoms. The number of carboxylic acids is 1. The Hall–Kier alpha value is -1.88. The van der Waals surface area contributed by atoms with Gasteiger partial charge in [-0.15, -0.1) is 0 Å². The van der Waals surface area contributed by atoms with Crippen molar-refractivity contribution in [2.24, 2.45) is 11.1 Å². The van der Waals surface area contributed by atoms with Gasteiger partial charge in [-0.05, 0) is 30.4 Å². The molecule has 5 heteroatoms. The van der Waals surface area contributed by atoms with Gasteiger partial charge in [0.1, 0.15) is 0 Å². The molecule has 20 heavy (non-hydrogen) atoms. The van der Waals surface area contributed by atoms with Crippen LogP contribution in [0.4, 0.5) is 0 Å². The fourth-order valence-corrected chi connectivity index (χ4v) is 3.01. The topological polar surface area (TPSA) is 83.6 Å². The lowest BCUT2D eigenvalue weighted by Gasteiger charge is -2.36. The highest BCUT2D eigenvalue weighted by Gasteiger charge is 2.53. The summed E-state index contributed by atoms with van der Waals surface area (Å²) in [7, 11) is 0. The van der Waals surface area contributed by atoms with Crippen molar-refractivity contribution >= 4 is 11.9 Å². The summed E-state index contributed by atoms with van der Waals surface area (Å²) in [5, 5.41) is 9.54. The van der Waals surface area contributed by atoms with Crippen molar-refractivity contribution in [1.29, 1.82) is 0 Å². The maximum Gasteiger partial charge on any atom is 0.331 e. The second-order valence-electron chi connectivity index (χ2n) is 5.67. The highest BCUT2D eigenvalue weighted by molar-refractivity contribution is 5.90. The number of fused-ring (bicyclic) bond motifs is 1.